The maximum absolute atomic E-state index is 14.8. The van der Waals surface area contributed by atoms with E-state index in [1.54, 1.807) is 0 Å². The second-order valence-electron chi connectivity index (χ2n) is 9.82. The van der Waals surface area contributed by atoms with Crippen molar-refractivity contribution in [3.05, 3.63) is 59.1 Å². The van der Waals surface area contributed by atoms with Crippen molar-refractivity contribution in [3.8, 4) is 0 Å². The van der Waals surface area contributed by atoms with Gasteiger partial charge >= 0.3 is 0 Å². The fourth-order valence-electron chi connectivity index (χ4n) is 4.60. The van der Waals surface area contributed by atoms with Crippen molar-refractivity contribution < 1.29 is 12.8 Å². The first kappa shape index (κ1) is 22.0. The van der Waals surface area contributed by atoms with Gasteiger partial charge in [0, 0.05) is 53.0 Å². The molecule has 3 heterocycles. The van der Waals surface area contributed by atoms with Gasteiger partial charge in [0.2, 0.25) is 10.0 Å². The van der Waals surface area contributed by atoms with Crippen molar-refractivity contribution in [2.45, 2.75) is 68.7 Å². The van der Waals surface area contributed by atoms with Crippen molar-refractivity contribution in [2.24, 2.45) is 0 Å². The lowest BCUT2D eigenvalue weighted by Gasteiger charge is -2.19. The third kappa shape index (κ3) is 4.13. The molecular weight excluding hydrogens is 443 g/mol. The predicted molar refractivity (Wildman–Crippen MR) is 122 cm³/mol. The van der Waals surface area contributed by atoms with E-state index < -0.39 is 15.8 Å². The lowest BCUT2D eigenvalue weighted by atomic mass is 9.91. The van der Waals surface area contributed by atoms with E-state index in [1.165, 1.54) is 12.1 Å². The highest BCUT2D eigenvalue weighted by atomic mass is 32.2. The zero-order valence-corrected chi connectivity index (χ0v) is 19.6. The average Bonchev–Trinajstić information content (AvgIpc) is 3.49. The lowest BCUT2D eigenvalue weighted by molar-refractivity contribution is 0.550. The molecule has 0 radical (unpaired) electrons. The van der Waals surface area contributed by atoms with Crippen molar-refractivity contribution in [1.29, 1.82) is 0 Å². The largest absolute Gasteiger partial charge is 0.336 e. The number of H-pyrrole nitrogens is 1. The molecule has 8 nitrogen and oxygen atoms in total. The van der Waals surface area contributed by atoms with Crippen molar-refractivity contribution in [2.75, 3.05) is 5.32 Å². The molecule has 3 N–H and O–H groups in total. The monoisotopic (exact) mass is 470 g/mol. The molecule has 2 atom stereocenters. The Labute approximate surface area is 192 Å². The fourth-order valence-corrected chi connectivity index (χ4v) is 5.82. The number of anilines is 2. The van der Waals surface area contributed by atoms with E-state index in [-0.39, 0.29) is 28.1 Å². The van der Waals surface area contributed by atoms with Crippen molar-refractivity contribution >= 4 is 21.5 Å². The van der Waals surface area contributed by atoms with Crippen LogP contribution in [0.2, 0.25) is 0 Å². The molecule has 33 heavy (non-hydrogen) atoms. The molecular formula is C23H27FN6O2S. The molecule has 0 saturated heterocycles. The molecule has 174 valence electrons. The summed E-state index contributed by atoms with van der Waals surface area (Å²) in [7, 11) is -3.61. The third-order valence-electron chi connectivity index (χ3n) is 6.47. The van der Waals surface area contributed by atoms with Gasteiger partial charge in [-0.3, -0.25) is 5.10 Å². The van der Waals surface area contributed by atoms with Crippen LogP contribution in [-0.4, -0.2) is 28.6 Å². The summed E-state index contributed by atoms with van der Waals surface area (Å²) >= 11 is 0. The predicted octanol–water partition coefficient (Wildman–Crippen LogP) is 4.22. The number of aromatic amines is 1. The van der Waals surface area contributed by atoms with Gasteiger partial charge in [0.25, 0.3) is 0 Å². The van der Waals surface area contributed by atoms with Crippen LogP contribution in [0.4, 0.5) is 15.9 Å². The summed E-state index contributed by atoms with van der Waals surface area (Å²) in [6.07, 6.45) is 4.76. The SMILES string of the molecule is CC(C)(C)c1ccnc([C@@H]2CC[C@H](c3cc(Nc4ccc5c(c4F)CNS5(=O)=O)n[nH]3)C2)n1. The van der Waals surface area contributed by atoms with Crippen LogP contribution < -0.4 is 10.0 Å². The van der Waals surface area contributed by atoms with E-state index in [0.29, 0.717) is 17.7 Å². The Bertz CT molecular complexity index is 1310. The van der Waals surface area contributed by atoms with Crippen LogP contribution in [0.25, 0.3) is 0 Å². The summed E-state index contributed by atoms with van der Waals surface area (Å²) in [6.45, 7) is 6.39. The molecule has 0 bridgehead atoms. The molecule has 0 spiro atoms. The first-order valence-corrected chi connectivity index (χ1v) is 12.6. The third-order valence-corrected chi connectivity index (χ3v) is 7.96. The summed E-state index contributed by atoms with van der Waals surface area (Å²) < 4.78 is 41.0. The molecule has 1 aromatic carbocycles. The summed E-state index contributed by atoms with van der Waals surface area (Å²) in [5, 5.41) is 10.3. The molecule has 2 aliphatic rings. The maximum atomic E-state index is 14.8. The van der Waals surface area contributed by atoms with Gasteiger partial charge in [0.15, 0.2) is 11.6 Å². The molecule has 0 unspecified atom stereocenters. The summed E-state index contributed by atoms with van der Waals surface area (Å²) in [5.74, 6) is 1.39. The van der Waals surface area contributed by atoms with Crippen molar-refractivity contribution in [3.63, 3.8) is 0 Å². The van der Waals surface area contributed by atoms with Gasteiger partial charge in [-0.1, -0.05) is 20.8 Å². The Balaban J connectivity index is 1.30. The van der Waals surface area contributed by atoms with Gasteiger partial charge in [-0.2, -0.15) is 5.10 Å². The number of nitrogens with zero attached hydrogens (tertiary/aromatic N) is 3. The normalized spacial score (nSPS) is 21.8. The summed E-state index contributed by atoms with van der Waals surface area (Å²) in [6, 6.07) is 6.71. The van der Waals surface area contributed by atoms with Gasteiger partial charge in [-0.15, -0.1) is 0 Å². The molecule has 3 aromatic rings. The fraction of sp³-hybridized carbons (Fsp3) is 0.435. The standard InChI is InChI=1S/C23H27FN6O2S/c1-23(2,3)19-8-9-25-22(28-19)14-5-4-13(10-14)17-11-20(30-29-17)27-16-6-7-18-15(21(16)24)12-26-33(18,31)32/h6-9,11,13-14,26H,4-5,10,12H2,1-3H3,(H2,27,29,30)/t13-,14+/m0/s1. The number of benzene rings is 1. The Hall–Kier alpha value is -2.85. The molecule has 1 fully saturated rings. The highest BCUT2D eigenvalue weighted by molar-refractivity contribution is 7.89. The van der Waals surface area contributed by atoms with E-state index in [9.17, 15) is 12.8 Å². The van der Waals surface area contributed by atoms with Crippen LogP contribution >= 0.6 is 0 Å². The second-order valence-corrected chi connectivity index (χ2v) is 11.6. The molecule has 1 saturated carbocycles. The second kappa shape index (κ2) is 7.88. The molecule has 10 heteroatoms. The number of hydrogen-bond acceptors (Lipinski definition) is 6. The Morgan fingerprint density at radius 2 is 1.94 bits per heavy atom. The van der Waals surface area contributed by atoms with E-state index in [0.717, 1.165) is 36.5 Å². The minimum Gasteiger partial charge on any atom is -0.336 e. The minimum absolute atomic E-state index is 0.0111. The molecule has 2 aromatic heterocycles. The maximum Gasteiger partial charge on any atom is 0.241 e. The Morgan fingerprint density at radius 3 is 2.73 bits per heavy atom. The Kier molecular flexibility index (Phi) is 5.24. The topological polar surface area (TPSA) is 113 Å². The number of fused-ring (bicyclic) bond motifs is 1. The smallest absolute Gasteiger partial charge is 0.241 e. The summed E-state index contributed by atoms with van der Waals surface area (Å²) in [5.41, 5.74) is 2.35. The number of aromatic nitrogens is 4. The van der Waals surface area contributed by atoms with E-state index in [4.69, 9.17) is 4.98 Å². The van der Waals surface area contributed by atoms with Crippen molar-refractivity contribution in [1.82, 2.24) is 24.9 Å². The van der Waals surface area contributed by atoms with Gasteiger partial charge in [0.1, 0.15) is 5.82 Å². The van der Waals surface area contributed by atoms with Crippen LogP contribution in [0.15, 0.2) is 35.4 Å². The van der Waals surface area contributed by atoms with Crippen LogP contribution in [0.3, 0.4) is 0 Å². The van der Waals surface area contributed by atoms with E-state index in [2.05, 4.69) is 46.0 Å². The Morgan fingerprint density at radius 1 is 1.15 bits per heavy atom. The van der Waals surface area contributed by atoms with E-state index >= 15 is 0 Å². The van der Waals surface area contributed by atoms with Crippen LogP contribution in [0.5, 0.6) is 0 Å². The summed E-state index contributed by atoms with van der Waals surface area (Å²) in [4.78, 5) is 9.35. The van der Waals surface area contributed by atoms with E-state index in [1.807, 2.05) is 18.3 Å². The highest BCUT2D eigenvalue weighted by Crippen LogP contribution is 2.43. The zero-order valence-electron chi connectivity index (χ0n) is 18.8. The minimum atomic E-state index is -3.61. The zero-order chi connectivity index (χ0) is 23.4. The van der Waals surface area contributed by atoms with Crippen LogP contribution in [0, 0.1) is 5.82 Å². The van der Waals surface area contributed by atoms with Gasteiger partial charge in [0.05, 0.1) is 10.6 Å². The molecule has 1 aliphatic heterocycles. The number of halogens is 1. The molecule has 1 aliphatic carbocycles. The lowest BCUT2D eigenvalue weighted by Crippen LogP contribution is -2.16. The van der Waals surface area contributed by atoms with Gasteiger partial charge in [-0.25, -0.2) is 27.5 Å². The number of nitrogens with one attached hydrogen (secondary N) is 3. The number of rotatable bonds is 4. The first-order valence-electron chi connectivity index (χ1n) is 11.1. The van der Waals surface area contributed by atoms with Crippen LogP contribution in [0.1, 0.15) is 74.6 Å². The molecule has 0 amide bonds. The van der Waals surface area contributed by atoms with Gasteiger partial charge < -0.3 is 5.32 Å². The first-order chi connectivity index (χ1) is 15.6. The highest BCUT2D eigenvalue weighted by Gasteiger charge is 2.32. The quantitative estimate of drug-likeness (QED) is 0.526. The van der Waals surface area contributed by atoms with Gasteiger partial charge in [-0.05, 0) is 37.5 Å². The molecule has 5 rings (SSSR count). The number of hydrogen-bond donors (Lipinski definition) is 3. The number of sulfonamides is 1. The van der Waals surface area contributed by atoms with Crippen LogP contribution in [-0.2, 0) is 22.0 Å². The average molecular weight is 471 g/mol.